The molecule has 1 fully saturated rings. The Morgan fingerprint density at radius 1 is 1.08 bits per heavy atom. The number of carbonyl (C=O) groups is 3. The van der Waals surface area contributed by atoms with Crippen molar-refractivity contribution in [3.63, 3.8) is 0 Å². The zero-order valence-electron chi connectivity index (χ0n) is 13.1. The molecule has 1 aliphatic rings. The van der Waals surface area contributed by atoms with Gasteiger partial charge in [-0.15, -0.1) is 0 Å². The van der Waals surface area contributed by atoms with Crippen molar-refractivity contribution >= 4 is 35.0 Å². The number of thioether (sulfide) groups is 1. The lowest BCUT2D eigenvalue weighted by molar-refractivity contribution is -0.115. The van der Waals surface area contributed by atoms with E-state index in [1.165, 1.54) is 7.11 Å². The summed E-state index contributed by atoms with van der Waals surface area (Å²) in [7, 11) is 1.45. The fourth-order valence-corrected chi connectivity index (χ4v) is 2.85. The van der Waals surface area contributed by atoms with E-state index in [2.05, 4.69) is 5.32 Å². The van der Waals surface area contributed by atoms with Crippen LogP contribution in [0.15, 0.2) is 53.4 Å². The Balaban J connectivity index is 1.83. The summed E-state index contributed by atoms with van der Waals surface area (Å²) in [6.07, 6.45) is 1.57. The maximum atomic E-state index is 12.1. The fraction of sp³-hybridized carbons (Fsp3) is 0.0556. The number of benzene rings is 2. The summed E-state index contributed by atoms with van der Waals surface area (Å²) in [6, 6.07) is 13.5. The Labute approximate surface area is 147 Å². The Kier molecular flexibility index (Phi) is 4.85. The number of carbonyl (C=O) groups excluding carboxylic acids is 3. The van der Waals surface area contributed by atoms with Gasteiger partial charge in [0.15, 0.2) is 11.5 Å². The van der Waals surface area contributed by atoms with E-state index in [9.17, 15) is 14.4 Å². The van der Waals surface area contributed by atoms with Crippen LogP contribution in [0.3, 0.4) is 0 Å². The summed E-state index contributed by atoms with van der Waals surface area (Å²) in [4.78, 5) is 35.2. The Bertz CT molecular complexity index is 876. The summed E-state index contributed by atoms with van der Waals surface area (Å²) in [5.74, 6) is -0.332. The van der Waals surface area contributed by atoms with Gasteiger partial charge in [-0.3, -0.25) is 14.9 Å². The van der Waals surface area contributed by atoms with Gasteiger partial charge in [-0.2, -0.15) is 0 Å². The van der Waals surface area contributed by atoms with Gasteiger partial charge in [0.1, 0.15) is 0 Å². The van der Waals surface area contributed by atoms with E-state index in [4.69, 9.17) is 9.47 Å². The minimum Gasteiger partial charge on any atom is -0.493 e. The van der Waals surface area contributed by atoms with Crippen molar-refractivity contribution in [2.45, 2.75) is 0 Å². The first-order chi connectivity index (χ1) is 12.1. The normalized spacial score (nSPS) is 15.2. The number of hydrogen-bond acceptors (Lipinski definition) is 6. The summed E-state index contributed by atoms with van der Waals surface area (Å²) in [5.41, 5.74) is 1.07. The Morgan fingerprint density at radius 2 is 1.84 bits per heavy atom. The van der Waals surface area contributed by atoms with E-state index in [0.717, 1.165) is 11.8 Å². The molecule has 1 N–H and O–H groups in total. The molecule has 2 amide bonds. The number of amides is 2. The highest BCUT2D eigenvalue weighted by Gasteiger charge is 2.25. The zero-order chi connectivity index (χ0) is 17.8. The molecule has 0 aliphatic carbocycles. The van der Waals surface area contributed by atoms with Crippen LogP contribution in [-0.2, 0) is 4.79 Å². The molecule has 1 aliphatic heterocycles. The summed E-state index contributed by atoms with van der Waals surface area (Å²) < 4.78 is 10.6. The first-order valence-corrected chi connectivity index (χ1v) is 8.08. The van der Waals surface area contributed by atoms with Gasteiger partial charge < -0.3 is 9.47 Å². The van der Waals surface area contributed by atoms with Crippen LogP contribution in [0, 0.1) is 0 Å². The summed E-state index contributed by atoms with van der Waals surface area (Å²) in [5, 5.41) is 1.78. The van der Waals surface area contributed by atoms with Crippen molar-refractivity contribution in [1.29, 1.82) is 0 Å². The van der Waals surface area contributed by atoms with Crippen molar-refractivity contribution in [2.24, 2.45) is 0 Å². The first-order valence-electron chi connectivity index (χ1n) is 7.27. The second-order valence-electron chi connectivity index (χ2n) is 5.02. The average Bonchev–Trinajstić information content (AvgIpc) is 2.94. The summed E-state index contributed by atoms with van der Waals surface area (Å²) >= 11 is 0.829. The molecule has 126 valence electrons. The number of ether oxygens (including phenoxy) is 2. The first kappa shape index (κ1) is 16.8. The van der Waals surface area contributed by atoms with Gasteiger partial charge in [-0.05, 0) is 47.7 Å². The maximum absolute atomic E-state index is 12.1. The largest absolute Gasteiger partial charge is 0.493 e. The van der Waals surface area contributed by atoms with E-state index >= 15 is 0 Å². The van der Waals surface area contributed by atoms with Crippen LogP contribution < -0.4 is 14.8 Å². The van der Waals surface area contributed by atoms with Crippen molar-refractivity contribution in [3.05, 3.63) is 64.6 Å². The third-order valence-electron chi connectivity index (χ3n) is 3.34. The fourth-order valence-electron chi connectivity index (χ4n) is 2.16. The quantitative estimate of drug-likeness (QED) is 0.515. The van der Waals surface area contributed by atoms with Crippen LogP contribution in [0.5, 0.6) is 11.5 Å². The molecular weight excluding hydrogens is 342 g/mol. The second-order valence-corrected chi connectivity index (χ2v) is 6.03. The molecule has 0 spiro atoms. The van der Waals surface area contributed by atoms with Gasteiger partial charge in [0.2, 0.25) is 0 Å². The molecule has 25 heavy (non-hydrogen) atoms. The molecule has 0 bridgehead atoms. The molecule has 2 aromatic rings. The lowest BCUT2D eigenvalue weighted by Gasteiger charge is -2.10. The van der Waals surface area contributed by atoms with Crippen molar-refractivity contribution < 1.29 is 23.9 Å². The number of hydrogen-bond donors (Lipinski definition) is 1. The van der Waals surface area contributed by atoms with Crippen LogP contribution in [0.4, 0.5) is 4.79 Å². The van der Waals surface area contributed by atoms with Crippen molar-refractivity contribution in [2.75, 3.05) is 7.11 Å². The highest BCUT2D eigenvalue weighted by atomic mass is 32.2. The molecule has 2 aromatic carbocycles. The van der Waals surface area contributed by atoms with E-state index in [-0.39, 0.29) is 5.75 Å². The Morgan fingerprint density at radius 3 is 2.48 bits per heavy atom. The monoisotopic (exact) mass is 355 g/mol. The molecule has 3 rings (SSSR count). The minimum atomic E-state index is -0.499. The molecule has 0 saturated carbocycles. The molecule has 0 radical (unpaired) electrons. The predicted octanol–water partition coefficient (Wildman–Crippen LogP) is 3.24. The zero-order valence-corrected chi connectivity index (χ0v) is 14.0. The third kappa shape index (κ3) is 3.89. The van der Waals surface area contributed by atoms with E-state index < -0.39 is 17.1 Å². The van der Waals surface area contributed by atoms with Gasteiger partial charge in [0, 0.05) is 0 Å². The molecule has 1 saturated heterocycles. The average molecular weight is 355 g/mol. The van der Waals surface area contributed by atoms with Gasteiger partial charge in [0.25, 0.3) is 11.1 Å². The van der Waals surface area contributed by atoms with Crippen molar-refractivity contribution in [1.82, 2.24) is 5.32 Å². The van der Waals surface area contributed by atoms with E-state index in [1.54, 1.807) is 48.5 Å². The van der Waals surface area contributed by atoms with Gasteiger partial charge >= 0.3 is 5.97 Å². The smallest absolute Gasteiger partial charge is 0.343 e. The maximum Gasteiger partial charge on any atom is 0.343 e. The number of nitrogens with one attached hydrogen (secondary N) is 1. The molecule has 0 atom stereocenters. The van der Waals surface area contributed by atoms with Crippen LogP contribution in [0.2, 0.25) is 0 Å². The van der Waals surface area contributed by atoms with Crippen LogP contribution in [0.1, 0.15) is 15.9 Å². The number of rotatable bonds is 4. The van der Waals surface area contributed by atoms with Gasteiger partial charge in [-0.1, -0.05) is 24.3 Å². The highest BCUT2D eigenvalue weighted by molar-refractivity contribution is 8.18. The summed E-state index contributed by atoms with van der Waals surface area (Å²) in [6.45, 7) is 0. The number of esters is 1. The van der Waals surface area contributed by atoms with Crippen LogP contribution in [0.25, 0.3) is 6.08 Å². The standard InChI is InChI=1S/C18H13NO5S/c1-23-14-9-11(10-15-16(20)19-18(22)25-15)7-8-13(14)24-17(21)12-5-3-2-4-6-12/h2-10H,1H3,(H,19,20,22)/b15-10+. The lowest BCUT2D eigenvalue weighted by Crippen LogP contribution is -2.17. The van der Waals surface area contributed by atoms with Crippen LogP contribution >= 0.6 is 11.8 Å². The van der Waals surface area contributed by atoms with Crippen LogP contribution in [-0.4, -0.2) is 24.2 Å². The molecule has 0 unspecified atom stereocenters. The predicted molar refractivity (Wildman–Crippen MR) is 93.5 cm³/mol. The van der Waals surface area contributed by atoms with Crippen molar-refractivity contribution in [3.8, 4) is 11.5 Å². The molecule has 7 heteroatoms. The molecule has 0 aromatic heterocycles. The SMILES string of the molecule is COc1cc(/C=C2/SC(=O)NC2=O)ccc1OC(=O)c1ccccc1. The molecular formula is C18H13NO5S. The Hall–Kier alpha value is -3.06. The van der Waals surface area contributed by atoms with Gasteiger partial charge in [0.05, 0.1) is 17.6 Å². The number of methoxy groups -OCH3 is 1. The van der Waals surface area contributed by atoms with Gasteiger partial charge in [-0.25, -0.2) is 4.79 Å². The molecule has 6 nitrogen and oxygen atoms in total. The highest BCUT2D eigenvalue weighted by Crippen LogP contribution is 2.32. The molecule has 1 heterocycles. The topological polar surface area (TPSA) is 81.7 Å². The minimum absolute atomic E-state index is 0.262. The van der Waals surface area contributed by atoms with E-state index in [0.29, 0.717) is 21.8 Å². The second kappa shape index (κ2) is 7.23. The third-order valence-corrected chi connectivity index (χ3v) is 4.15. The number of imide groups is 1. The van der Waals surface area contributed by atoms with E-state index in [1.807, 2.05) is 6.07 Å². The lowest BCUT2D eigenvalue weighted by atomic mass is 10.2.